The van der Waals surface area contributed by atoms with Gasteiger partial charge in [-0.25, -0.2) is 4.68 Å². The summed E-state index contributed by atoms with van der Waals surface area (Å²) in [6.45, 7) is 6.80. The Morgan fingerprint density at radius 2 is 1.79 bits per heavy atom. The number of nitrogens with one attached hydrogen (secondary N) is 1. The largest absolute Gasteiger partial charge is 0.379 e. The first-order valence-electron chi connectivity index (χ1n) is 10.0. The second-order valence-corrected chi connectivity index (χ2v) is 7.24. The van der Waals surface area contributed by atoms with Crippen LogP contribution in [-0.4, -0.2) is 60.0 Å². The Labute approximate surface area is 171 Å². The summed E-state index contributed by atoms with van der Waals surface area (Å²) in [5.41, 5.74) is 4.34. The fraction of sp³-hybridized carbons (Fsp3) is 0.304. The third-order valence-electron chi connectivity index (χ3n) is 5.11. The Hall–Kier alpha value is -2.96. The van der Waals surface area contributed by atoms with Gasteiger partial charge in [0.05, 0.1) is 24.6 Å². The lowest BCUT2D eigenvalue weighted by molar-refractivity contribution is 0.0383. The van der Waals surface area contributed by atoms with Gasteiger partial charge in [0.25, 0.3) is 5.91 Å². The van der Waals surface area contributed by atoms with E-state index in [-0.39, 0.29) is 5.91 Å². The molecule has 6 heteroatoms. The van der Waals surface area contributed by atoms with E-state index in [2.05, 4.69) is 10.2 Å². The molecule has 0 atom stereocenters. The molecule has 6 nitrogen and oxygen atoms in total. The summed E-state index contributed by atoms with van der Waals surface area (Å²) in [5.74, 6) is -0.117. The zero-order valence-corrected chi connectivity index (χ0v) is 16.7. The van der Waals surface area contributed by atoms with E-state index in [0.29, 0.717) is 12.2 Å². The van der Waals surface area contributed by atoms with E-state index in [9.17, 15) is 4.79 Å². The maximum Gasteiger partial charge on any atom is 0.270 e. The van der Waals surface area contributed by atoms with Crippen LogP contribution in [-0.2, 0) is 4.74 Å². The summed E-state index contributed by atoms with van der Waals surface area (Å²) in [7, 11) is 0. The Morgan fingerprint density at radius 3 is 2.52 bits per heavy atom. The van der Waals surface area contributed by atoms with Gasteiger partial charge in [-0.3, -0.25) is 9.69 Å². The van der Waals surface area contributed by atoms with Gasteiger partial charge in [-0.1, -0.05) is 48.0 Å². The van der Waals surface area contributed by atoms with Crippen LogP contribution in [0.25, 0.3) is 16.9 Å². The molecule has 2 heterocycles. The second kappa shape index (κ2) is 9.03. The third-order valence-corrected chi connectivity index (χ3v) is 5.11. The van der Waals surface area contributed by atoms with Crippen LogP contribution in [0.4, 0.5) is 0 Å². The van der Waals surface area contributed by atoms with Crippen molar-refractivity contribution in [2.24, 2.45) is 0 Å². The van der Waals surface area contributed by atoms with Crippen molar-refractivity contribution in [3.8, 4) is 16.9 Å². The summed E-state index contributed by atoms with van der Waals surface area (Å²) < 4.78 is 7.10. The first-order chi connectivity index (χ1) is 14.2. The van der Waals surface area contributed by atoms with Crippen molar-refractivity contribution in [1.29, 1.82) is 0 Å². The first kappa shape index (κ1) is 19.4. The van der Waals surface area contributed by atoms with Gasteiger partial charge in [0.2, 0.25) is 0 Å². The van der Waals surface area contributed by atoms with Crippen LogP contribution in [0.1, 0.15) is 16.1 Å². The Kier molecular flexibility index (Phi) is 6.03. The van der Waals surface area contributed by atoms with Gasteiger partial charge in [0, 0.05) is 31.7 Å². The van der Waals surface area contributed by atoms with Crippen molar-refractivity contribution in [3.63, 3.8) is 0 Å². The van der Waals surface area contributed by atoms with Crippen molar-refractivity contribution < 1.29 is 9.53 Å². The minimum atomic E-state index is -0.117. The Bertz CT molecular complexity index is 945. The van der Waals surface area contributed by atoms with Crippen molar-refractivity contribution >= 4 is 5.91 Å². The molecule has 0 aliphatic carbocycles. The van der Waals surface area contributed by atoms with Crippen LogP contribution in [0.5, 0.6) is 0 Å². The molecule has 3 aromatic rings. The highest BCUT2D eigenvalue weighted by Gasteiger charge is 2.18. The summed E-state index contributed by atoms with van der Waals surface area (Å²) in [6.07, 6.45) is 0. The molecule has 29 heavy (non-hydrogen) atoms. The topological polar surface area (TPSA) is 59.4 Å². The van der Waals surface area contributed by atoms with Gasteiger partial charge in [0.15, 0.2) is 0 Å². The van der Waals surface area contributed by atoms with Gasteiger partial charge in [0.1, 0.15) is 5.69 Å². The van der Waals surface area contributed by atoms with Crippen LogP contribution in [0, 0.1) is 6.92 Å². The molecule has 1 saturated heterocycles. The lowest BCUT2D eigenvalue weighted by Crippen LogP contribution is -2.41. The fourth-order valence-electron chi connectivity index (χ4n) is 3.42. The monoisotopic (exact) mass is 390 g/mol. The van der Waals surface area contributed by atoms with E-state index in [1.807, 2.05) is 67.6 Å². The van der Waals surface area contributed by atoms with Crippen LogP contribution in [0.3, 0.4) is 0 Å². The molecule has 0 unspecified atom stereocenters. The Balaban J connectivity index is 1.55. The number of nitrogens with zero attached hydrogens (tertiary/aromatic N) is 3. The molecular weight excluding hydrogens is 364 g/mol. The molecule has 1 fully saturated rings. The second-order valence-electron chi connectivity index (χ2n) is 7.24. The number of rotatable bonds is 6. The van der Waals surface area contributed by atoms with Crippen LogP contribution < -0.4 is 5.32 Å². The summed E-state index contributed by atoms with van der Waals surface area (Å²) in [4.78, 5) is 15.3. The predicted molar refractivity (Wildman–Crippen MR) is 113 cm³/mol. The van der Waals surface area contributed by atoms with E-state index < -0.39 is 0 Å². The number of morpholine rings is 1. The van der Waals surface area contributed by atoms with Gasteiger partial charge >= 0.3 is 0 Å². The molecule has 1 aliphatic heterocycles. The summed E-state index contributed by atoms with van der Waals surface area (Å²) in [6, 6.07) is 19.8. The van der Waals surface area contributed by atoms with E-state index in [4.69, 9.17) is 9.84 Å². The number of aromatic nitrogens is 2. The number of hydrogen-bond acceptors (Lipinski definition) is 4. The molecule has 1 aromatic heterocycles. The molecule has 2 aromatic carbocycles. The number of hydrogen-bond donors (Lipinski definition) is 1. The van der Waals surface area contributed by atoms with Crippen molar-refractivity contribution in [2.45, 2.75) is 6.92 Å². The molecule has 0 spiro atoms. The van der Waals surface area contributed by atoms with E-state index >= 15 is 0 Å². The number of carbonyl (C=O) groups excluding carboxylic acids is 1. The van der Waals surface area contributed by atoms with Gasteiger partial charge in [-0.2, -0.15) is 5.10 Å². The van der Waals surface area contributed by atoms with Gasteiger partial charge in [-0.05, 0) is 25.1 Å². The molecule has 4 rings (SSSR count). The zero-order valence-electron chi connectivity index (χ0n) is 16.7. The zero-order chi connectivity index (χ0) is 20.1. The van der Waals surface area contributed by atoms with Crippen LogP contribution in [0.15, 0.2) is 60.7 Å². The molecule has 150 valence electrons. The lowest BCUT2D eigenvalue weighted by Gasteiger charge is -2.26. The quantitative estimate of drug-likeness (QED) is 0.703. The highest BCUT2D eigenvalue weighted by molar-refractivity contribution is 5.94. The van der Waals surface area contributed by atoms with E-state index in [1.54, 1.807) is 4.68 Å². The average molecular weight is 390 g/mol. The molecule has 1 amide bonds. The standard InChI is InChI=1S/C23H26N4O2/c1-18-7-9-20(10-8-18)27-22(17-21(25-27)19-5-3-2-4-6-19)23(28)24-11-12-26-13-15-29-16-14-26/h2-10,17H,11-16H2,1H3,(H,24,28). The van der Waals surface area contributed by atoms with Crippen LogP contribution in [0.2, 0.25) is 0 Å². The fourth-order valence-corrected chi connectivity index (χ4v) is 3.42. The van der Waals surface area contributed by atoms with Gasteiger partial charge in [-0.15, -0.1) is 0 Å². The molecule has 1 aliphatic rings. The molecule has 1 N–H and O–H groups in total. The van der Waals surface area contributed by atoms with Crippen LogP contribution >= 0.6 is 0 Å². The average Bonchev–Trinajstić information content (AvgIpc) is 3.21. The van der Waals surface area contributed by atoms with Crippen molar-refractivity contribution in [3.05, 3.63) is 71.9 Å². The minimum Gasteiger partial charge on any atom is -0.379 e. The maximum atomic E-state index is 13.0. The molecular formula is C23H26N4O2. The normalized spacial score (nSPS) is 14.7. The number of aryl methyl sites for hydroxylation is 1. The minimum absolute atomic E-state index is 0.117. The van der Waals surface area contributed by atoms with Crippen molar-refractivity contribution in [2.75, 3.05) is 39.4 Å². The summed E-state index contributed by atoms with van der Waals surface area (Å²) >= 11 is 0. The number of carbonyl (C=O) groups is 1. The maximum absolute atomic E-state index is 13.0. The smallest absolute Gasteiger partial charge is 0.270 e. The van der Waals surface area contributed by atoms with E-state index in [0.717, 1.165) is 49.8 Å². The SMILES string of the molecule is Cc1ccc(-n2nc(-c3ccccc3)cc2C(=O)NCCN2CCOCC2)cc1. The summed E-state index contributed by atoms with van der Waals surface area (Å²) in [5, 5.41) is 7.78. The molecule has 0 radical (unpaired) electrons. The predicted octanol–water partition coefficient (Wildman–Crippen LogP) is 2.91. The number of ether oxygens (including phenoxy) is 1. The Morgan fingerprint density at radius 1 is 1.07 bits per heavy atom. The van der Waals surface area contributed by atoms with Gasteiger partial charge < -0.3 is 10.1 Å². The molecule has 0 bridgehead atoms. The lowest BCUT2D eigenvalue weighted by atomic mass is 10.1. The highest BCUT2D eigenvalue weighted by atomic mass is 16.5. The number of benzene rings is 2. The molecule has 0 saturated carbocycles. The highest BCUT2D eigenvalue weighted by Crippen LogP contribution is 2.22. The number of amides is 1. The van der Waals surface area contributed by atoms with Crippen molar-refractivity contribution in [1.82, 2.24) is 20.0 Å². The first-order valence-corrected chi connectivity index (χ1v) is 10.0. The van der Waals surface area contributed by atoms with E-state index in [1.165, 1.54) is 5.56 Å². The third kappa shape index (κ3) is 4.72.